The summed E-state index contributed by atoms with van der Waals surface area (Å²) in [6.07, 6.45) is 5.18. The number of piperidine rings is 1. The number of carbonyl (C=O) groups excluding carboxylic acids is 2. The van der Waals surface area contributed by atoms with E-state index in [1.54, 1.807) is 30.1 Å². The van der Waals surface area contributed by atoms with Crippen LogP contribution in [0.5, 0.6) is 5.75 Å². The molecule has 0 unspecified atom stereocenters. The second-order valence-corrected chi connectivity index (χ2v) is 7.47. The average molecular weight is 407 g/mol. The first-order valence-electron chi connectivity index (χ1n) is 10.1. The van der Waals surface area contributed by atoms with E-state index < -0.39 is 0 Å². The van der Waals surface area contributed by atoms with E-state index >= 15 is 0 Å². The number of nitrogens with one attached hydrogen (secondary N) is 1. The van der Waals surface area contributed by atoms with Crippen LogP contribution >= 0.6 is 0 Å². The molecule has 8 heteroatoms. The number of hydrogen-bond donors (Lipinski definition) is 1. The summed E-state index contributed by atoms with van der Waals surface area (Å²) in [7, 11) is 1.61. The van der Waals surface area contributed by atoms with E-state index in [1.807, 2.05) is 36.1 Å². The van der Waals surface area contributed by atoms with Crippen molar-refractivity contribution in [3.63, 3.8) is 0 Å². The van der Waals surface area contributed by atoms with Gasteiger partial charge < -0.3 is 15.0 Å². The number of likely N-dealkylation sites (tertiary alicyclic amines) is 1. The molecule has 1 saturated heterocycles. The highest BCUT2D eigenvalue weighted by Crippen LogP contribution is 2.20. The third-order valence-electron chi connectivity index (χ3n) is 5.51. The first kappa shape index (κ1) is 19.9. The molecule has 2 aromatic heterocycles. The first-order chi connectivity index (χ1) is 14.6. The normalized spacial score (nSPS) is 14.7. The minimum absolute atomic E-state index is 0.0193. The van der Waals surface area contributed by atoms with Crippen LogP contribution in [0.25, 0.3) is 5.65 Å². The Hall–Kier alpha value is -3.42. The molecule has 156 valence electrons. The molecule has 1 aliphatic heterocycles. The average Bonchev–Trinajstić information content (AvgIpc) is 3.10. The van der Waals surface area contributed by atoms with Crippen LogP contribution in [0.4, 0.5) is 0 Å². The molecule has 1 aromatic carbocycles. The number of hydrogen-bond acceptors (Lipinski definition) is 5. The van der Waals surface area contributed by atoms with Gasteiger partial charge in [0.25, 0.3) is 5.91 Å². The van der Waals surface area contributed by atoms with Crippen molar-refractivity contribution >= 4 is 17.5 Å². The van der Waals surface area contributed by atoms with Crippen molar-refractivity contribution < 1.29 is 14.3 Å². The van der Waals surface area contributed by atoms with Crippen molar-refractivity contribution in [3.8, 4) is 5.75 Å². The number of benzene rings is 1. The number of rotatable bonds is 5. The van der Waals surface area contributed by atoms with Gasteiger partial charge in [0.15, 0.2) is 5.65 Å². The number of aryl methyl sites for hydroxylation is 1. The van der Waals surface area contributed by atoms with Crippen LogP contribution in [0, 0.1) is 6.92 Å². The Kier molecular flexibility index (Phi) is 5.65. The van der Waals surface area contributed by atoms with Crippen LogP contribution in [0.15, 0.2) is 42.7 Å². The first-order valence-corrected chi connectivity index (χ1v) is 10.1. The molecule has 0 saturated carbocycles. The quantitative estimate of drug-likeness (QED) is 0.699. The standard InChI is InChI=1S/C22H25N5O3/c1-15-20(21-23-10-5-11-27(21)25-15)22(29)24-17-8-12-26(13-9-17)19(28)14-16-6-3-4-7-18(16)30-2/h3-7,10-11,17H,8-9,12-14H2,1-2H3,(H,24,29). The molecule has 1 fully saturated rings. The molecule has 1 N–H and O–H groups in total. The van der Waals surface area contributed by atoms with Gasteiger partial charge in [-0.05, 0) is 31.9 Å². The maximum atomic E-state index is 12.8. The number of carbonyl (C=O) groups is 2. The summed E-state index contributed by atoms with van der Waals surface area (Å²) in [6, 6.07) is 9.37. The van der Waals surface area contributed by atoms with Gasteiger partial charge in [-0.15, -0.1) is 0 Å². The summed E-state index contributed by atoms with van der Waals surface area (Å²) < 4.78 is 6.95. The topological polar surface area (TPSA) is 88.8 Å². The van der Waals surface area contributed by atoms with Gasteiger partial charge >= 0.3 is 0 Å². The lowest BCUT2D eigenvalue weighted by molar-refractivity contribution is -0.131. The van der Waals surface area contributed by atoms with E-state index in [0.717, 1.165) is 24.2 Å². The number of ether oxygens (including phenoxy) is 1. The summed E-state index contributed by atoms with van der Waals surface area (Å²) >= 11 is 0. The molecule has 2 amide bonds. The van der Waals surface area contributed by atoms with Crippen LogP contribution in [0.1, 0.15) is 34.5 Å². The zero-order valence-corrected chi connectivity index (χ0v) is 17.2. The van der Waals surface area contributed by atoms with Crippen molar-refractivity contribution in [3.05, 3.63) is 59.5 Å². The Morgan fingerprint density at radius 1 is 1.20 bits per heavy atom. The third kappa shape index (κ3) is 3.98. The predicted octanol–water partition coefficient (Wildman–Crippen LogP) is 2.01. The van der Waals surface area contributed by atoms with E-state index in [4.69, 9.17) is 4.74 Å². The molecule has 4 rings (SSSR count). The van der Waals surface area contributed by atoms with E-state index in [2.05, 4.69) is 15.4 Å². The number of para-hydroxylation sites is 1. The minimum Gasteiger partial charge on any atom is -0.496 e. The van der Waals surface area contributed by atoms with Crippen LogP contribution < -0.4 is 10.1 Å². The molecule has 1 aliphatic rings. The molecular weight excluding hydrogens is 382 g/mol. The second-order valence-electron chi connectivity index (χ2n) is 7.47. The van der Waals surface area contributed by atoms with Crippen LogP contribution in [0.3, 0.4) is 0 Å². The van der Waals surface area contributed by atoms with Gasteiger partial charge in [0.1, 0.15) is 11.3 Å². The monoisotopic (exact) mass is 407 g/mol. The van der Waals surface area contributed by atoms with Crippen molar-refractivity contribution in [2.45, 2.75) is 32.2 Å². The molecule has 30 heavy (non-hydrogen) atoms. The molecule has 3 aromatic rings. The summed E-state index contributed by atoms with van der Waals surface area (Å²) in [4.78, 5) is 31.7. The molecule has 3 heterocycles. The maximum Gasteiger partial charge on any atom is 0.257 e. The Balaban J connectivity index is 1.35. The summed E-state index contributed by atoms with van der Waals surface area (Å²) in [5.41, 5.74) is 2.59. The van der Waals surface area contributed by atoms with E-state index in [9.17, 15) is 9.59 Å². The fourth-order valence-electron chi connectivity index (χ4n) is 3.92. The van der Waals surface area contributed by atoms with Gasteiger partial charge in [0.2, 0.25) is 5.91 Å². The van der Waals surface area contributed by atoms with Crippen molar-refractivity contribution in [2.75, 3.05) is 20.2 Å². The molecule has 0 radical (unpaired) electrons. The largest absolute Gasteiger partial charge is 0.496 e. The van der Waals surface area contributed by atoms with Gasteiger partial charge in [-0.2, -0.15) is 5.10 Å². The highest BCUT2D eigenvalue weighted by Gasteiger charge is 2.26. The van der Waals surface area contributed by atoms with Crippen LogP contribution in [-0.2, 0) is 11.2 Å². The number of aromatic nitrogens is 3. The van der Waals surface area contributed by atoms with E-state index in [1.165, 1.54) is 0 Å². The number of methoxy groups -OCH3 is 1. The summed E-state index contributed by atoms with van der Waals surface area (Å²) in [5.74, 6) is 0.636. The molecular formula is C22H25N5O3. The van der Waals surface area contributed by atoms with Crippen molar-refractivity contribution in [1.82, 2.24) is 24.8 Å². The van der Waals surface area contributed by atoms with Crippen LogP contribution in [-0.4, -0.2) is 57.6 Å². The molecule has 0 atom stereocenters. The Bertz CT molecular complexity index is 1070. The second kappa shape index (κ2) is 8.52. The Morgan fingerprint density at radius 2 is 1.97 bits per heavy atom. The van der Waals surface area contributed by atoms with Crippen LogP contribution in [0.2, 0.25) is 0 Å². The van der Waals surface area contributed by atoms with Gasteiger partial charge in [0.05, 0.1) is 19.2 Å². The highest BCUT2D eigenvalue weighted by atomic mass is 16.5. The lowest BCUT2D eigenvalue weighted by atomic mass is 10.0. The van der Waals surface area contributed by atoms with E-state index in [0.29, 0.717) is 36.4 Å². The highest BCUT2D eigenvalue weighted by molar-refractivity contribution is 6.01. The summed E-state index contributed by atoms with van der Waals surface area (Å²) in [5, 5.41) is 7.44. The predicted molar refractivity (Wildman–Crippen MR) is 111 cm³/mol. The summed E-state index contributed by atoms with van der Waals surface area (Å²) in [6.45, 7) is 3.04. The number of fused-ring (bicyclic) bond motifs is 1. The Labute approximate surface area is 174 Å². The minimum atomic E-state index is -0.167. The smallest absolute Gasteiger partial charge is 0.257 e. The molecule has 0 bridgehead atoms. The SMILES string of the molecule is COc1ccccc1CC(=O)N1CCC(NC(=O)c2c(C)nn3cccnc23)CC1. The van der Waals surface area contributed by atoms with Gasteiger partial charge in [-0.3, -0.25) is 9.59 Å². The fourth-order valence-corrected chi connectivity index (χ4v) is 3.92. The van der Waals surface area contributed by atoms with Crippen molar-refractivity contribution in [2.24, 2.45) is 0 Å². The lowest BCUT2D eigenvalue weighted by Crippen LogP contribution is -2.47. The number of nitrogens with zero attached hydrogens (tertiary/aromatic N) is 4. The maximum absolute atomic E-state index is 12.8. The third-order valence-corrected chi connectivity index (χ3v) is 5.51. The lowest BCUT2D eigenvalue weighted by Gasteiger charge is -2.32. The van der Waals surface area contributed by atoms with Gasteiger partial charge in [-0.1, -0.05) is 18.2 Å². The van der Waals surface area contributed by atoms with Gasteiger partial charge in [-0.25, -0.2) is 9.50 Å². The zero-order chi connectivity index (χ0) is 21.1. The Morgan fingerprint density at radius 3 is 2.73 bits per heavy atom. The fraction of sp³-hybridized carbons (Fsp3) is 0.364. The van der Waals surface area contributed by atoms with E-state index in [-0.39, 0.29) is 17.9 Å². The molecule has 8 nitrogen and oxygen atoms in total. The molecule has 0 aliphatic carbocycles. The zero-order valence-electron chi connectivity index (χ0n) is 17.2. The molecule has 0 spiro atoms. The van der Waals surface area contributed by atoms with Crippen molar-refractivity contribution in [1.29, 1.82) is 0 Å². The van der Waals surface area contributed by atoms with Gasteiger partial charge in [0, 0.05) is 37.1 Å². The number of amides is 2.